The van der Waals surface area contributed by atoms with E-state index in [1.807, 2.05) is 70.2 Å². The molecule has 0 saturated carbocycles. The number of halogens is 1. The minimum Gasteiger partial charge on any atom is -0.456 e. The van der Waals surface area contributed by atoms with Gasteiger partial charge >= 0.3 is 7.12 Å². The van der Waals surface area contributed by atoms with Gasteiger partial charge in [-0.25, -0.2) is 0 Å². The molecule has 1 aromatic heterocycles. The van der Waals surface area contributed by atoms with Crippen LogP contribution >= 0.6 is 11.6 Å². The Morgan fingerprint density at radius 2 is 1.31 bits per heavy atom. The summed E-state index contributed by atoms with van der Waals surface area (Å²) in [5.74, 6) is 1.24. The Morgan fingerprint density at radius 3 is 2.08 bits per heavy atom. The van der Waals surface area contributed by atoms with Crippen molar-refractivity contribution in [3.05, 3.63) is 77.8 Å². The monoisotopic (exact) mass is 494 g/mol. The van der Waals surface area contributed by atoms with Crippen molar-refractivity contribution < 1.29 is 18.5 Å². The van der Waals surface area contributed by atoms with Gasteiger partial charge < -0.3 is 18.5 Å². The van der Waals surface area contributed by atoms with Crippen molar-refractivity contribution in [2.75, 3.05) is 0 Å². The zero-order chi connectivity index (χ0) is 24.8. The summed E-state index contributed by atoms with van der Waals surface area (Å²) in [5.41, 5.74) is 1.50. The summed E-state index contributed by atoms with van der Waals surface area (Å²) < 4.78 is 25.6. The molecule has 0 N–H and O–H groups in total. The predicted octanol–water partition coefficient (Wildman–Crippen LogP) is 8.08. The average molecular weight is 495 g/mol. The van der Waals surface area contributed by atoms with Crippen molar-refractivity contribution in [3.63, 3.8) is 0 Å². The van der Waals surface area contributed by atoms with E-state index in [1.165, 1.54) is 5.39 Å². The van der Waals surface area contributed by atoms with Gasteiger partial charge in [0.1, 0.15) is 22.7 Å². The molecular weight excluding hydrogens is 471 g/mol. The van der Waals surface area contributed by atoms with Crippen LogP contribution in [-0.2, 0) is 9.31 Å². The van der Waals surface area contributed by atoms with Gasteiger partial charge in [-0.05, 0) is 68.1 Å². The van der Waals surface area contributed by atoms with E-state index >= 15 is 0 Å². The van der Waals surface area contributed by atoms with Crippen LogP contribution in [0, 0.1) is 0 Å². The first-order valence-corrected chi connectivity index (χ1v) is 12.5. The Labute approximate surface area is 214 Å². The predicted molar refractivity (Wildman–Crippen MR) is 147 cm³/mol. The largest absolute Gasteiger partial charge is 0.498 e. The quantitative estimate of drug-likeness (QED) is 0.184. The molecule has 0 aliphatic carbocycles. The molecular formula is C30H24BClO4. The molecule has 1 fully saturated rings. The maximum Gasteiger partial charge on any atom is 0.498 e. The third-order valence-electron chi connectivity index (χ3n) is 7.83. The van der Waals surface area contributed by atoms with Crippen molar-refractivity contribution in [2.24, 2.45) is 0 Å². The summed E-state index contributed by atoms with van der Waals surface area (Å²) in [5, 5.41) is 7.08. The molecule has 0 radical (unpaired) electrons. The standard InChI is InChI=1S/C30H24BClO4/c1-29(2)30(3,4)36-31(35-29)20-12-8-13-21(32)28(20)34-23-15-16-24-27-25-19(11-7-14-22(25)33-24)17-9-5-6-10-18(17)26(23)27/h5-16H,1-4H3. The van der Waals surface area contributed by atoms with Crippen LogP contribution in [0.2, 0.25) is 5.02 Å². The van der Waals surface area contributed by atoms with E-state index in [9.17, 15) is 0 Å². The van der Waals surface area contributed by atoms with Crippen molar-refractivity contribution >= 4 is 67.7 Å². The van der Waals surface area contributed by atoms with Crippen molar-refractivity contribution in [2.45, 2.75) is 38.9 Å². The molecule has 178 valence electrons. The number of benzene rings is 5. The van der Waals surface area contributed by atoms with Gasteiger partial charge in [0, 0.05) is 21.6 Å². The lowest BCUT2D eigenvalue weighted by molar-refractivity contribution is 0.00578. The van der Waals surface area contributed by atoms with Crippen molar-refractivity contribution in [1.29, 1.82) is 0 Å². The van der Waals surface area contributed by atoms with Crippen LogP contribution in [0.4, 0.5) is 0 Å². The Bertz CT molecular complexity index is 1790. The molecule has 1 aliphatic heterocycles. The summed E-state index contributed by atoms with van der Waals surface area (Å²) in [6.07, 6.45) is 0. The minimum atomic E-state index is -0.600. The fraction of sp³-hybridized carbons (Fsp3) is 0.200. The second-order valence-electron chi connectivity index (χ2n) is 10.5. The molecule has 36 heavy (non-hydrogen) atoms. The SMILES string of the molecule is CC1(C)OB(c2cccc(Cl)c2Oc2ccc3oc4cccc5c6ccccc6c2c3c45)OC1(C)C. The number of fused-ring (bicyclic) bond motifs is 3. The van der Waals surface area contributed by atoms with E-state index in [2.05, 4.69) is 30.3 Å². The minimum absolute atomic E-state index is 0.479. The van der Waals surface area contributed by atoms with E-state index in [0.717, 1.165) is 43.6 Å². The first-order chi connectivity index (χ1) is 17.2. The molecule has 2 heterocycles. The van der Waals surface area contributed by atoms with Gasteiger partial charge in [0.2, 0.25) is 0 Å². The van der Waals surface area contributed by atoms with Gasteiger partial charge in [-0.2, -0.15) is 0 Å². The van der Waals surface area contributed by atoms with Crippen molar-refractivity contribution in [3.8, 4) is 11.5 Å². The first kappa shape index (κ1) is 22.0. The number of furan rings is 1. The Balaban J connectivity index is 1.47. The zero-order valence-electron chi connectivity index (χ0n) is 20.5. The van der Waals surface area contributed by atoms with Gasteiger partial charge in [-0.1, -0.05) is 60.1 Å². The number of para-hydroxylation sites is 1. The molecule has 0 bridgehead atoms. The molecule has 1 saturated heterocycles. The average Bonchev–Trinajstić information content (AvgIpc) is 3.33. The lowest BCUT2D eigenvalue weighted by atomic mass is 9.78. The van der Waals surface area contributed by atoms with E-state index in [4.69, 9.17) is 30.1 Å². The van der Waals surface area contributed by atoms with Gasteiger partial charge in [0.05, 0.1) is 16.2 Å². The van der Waals surface area contributed by atoms with Crippen LogP contribution in [0.3, 0.4) is 0 Å². The topological polar surface area (TPSA) is 40.8 Å². The molecule has 0 amide bonds. The molecule has 5 aromatic carbocycles. The molecule has 7 rings (SSSR count). The molecule has 0 unspecified atom stereocenters. The summed E-state index contributed by atoms with van der Waals surface area (Å²) in [6.45, 7) is 8.15. The number of rotatable bonds is 3. The molecule has 6 heteroatoms. The Hall–Kier alpha value is -3.25. The van der Waals surface area contributed by atoms with E-state index in [1.54, 1.807) is 0 Å². The number of hydrogen-bond acceptors (Lipinski definition) is 4. The van der Waals surface area contributed by atoms with Crippen LogP contribution < -0.4 is 10.2 Å². The summed E-state index contributed by atoms with van der Waals surface area (Å²) in [6, 6.07) is 24.2. The second kappa shape index (κ2) is 7.39. The van der Waals surface area contributed by atoms with E-state index in [0.29, 0.717) is 16.5 Å². The molecule has 0 spiro atoms. The number of ether oxygens (including phenoxy) is 1. The van der Waals surface area contributed by atoms with E-state index in [-0.39, 0.29) is 0 Å². The maximum absolute atomic E-state index is 6.75. The highest BCUT2D eigenvalue weighted by atomic mass is 35.5. The highest BCUT2D eigenvalue weighted by molar-refractivity contribution is 6.63. The summed E-state index contributed by atoms with van der Waals surface area (Å²) in [7, 11) is -0.600. The highest BCUT2D eigenvalue weighted by Crippen LogP contribution is 2.47. The van der Waals surface area contributed by atoms with Crippen LogP contribution in [0.1, 0.15) is 27.7 Å². The third-order valence-corrected chi connectivity index (χ3v) is 8.13. The van der Waals surface area contributed by atoms with E-state index < -0.39 is 18.3 Å². The smallest absolute Gasteiger partial charge is 0.456 e. The first-order valence-electron chi connectivity index (χ1n) is 12.1. The van der Waals surface area contributed by atoms with Crippen LogP contribution in [0.25, 0.3) is 43.5 Å². The number of hydrogen-bond donors (Lipinski definition) is 0. The Morgan fingerprint density at radius 1 is 0.667 bits per heavy atom. The van der Waals surface area contributed by atoms with Crippen LogP contribution in [0.5, 0.6) is 11.5 Å². The third kappa shape index (κ3) is 2.97. The summed E-state index contributed by atoms with van der Waals surface area (Å²) in [4.78, 5) is 0. The molecule has 6 aromatic rings. The molecule has 0 atom stereocenters. The van der Waals surface area contributed by atoms with Gasteiger partial charge in [-0.15, -0.1) is 0 Å². The molecule has 4 nitrogen and oxygen atoms in total. The Kier molecular flexibility index (Phi) is 4.51. The van der Waals surface area contributed by atoms with Crippen LogP contribution in [0.15, 0.2) is 77.2 Å². The lowest BCUT2D eigenvalue weighted by Crippen LogP contribution is -2.41. The lowest BCUT2D eigenvalue weighted by Gasteiger charge is -2.32. The summed E-state index contributed by atoms with van der Waals surface area (Å²) >= 11 is 6.75. The van der Waals surface area contributed by atoms with Crippen molar-refractivity contribution in [1.82, 2.24) is 0 Å². The van der Waals surface area contributed by atoms with Gasteiger partial charge in [0.25, 0.3) is 0 Å². The highest BCUT2D eigenvalue weighted by Gasteiger charge is 2.52. The fourth-order valence-electron chi connectivity index (χ4n) is 5.30. The maximum atomic E-state index is 6.75. The van der Waals surface area contributed by atoms with Gasteiger partial charge in [-0.3, -0.25) is 0 Å². The fourth-order valence-corrected chi connectivity index (χ4v) is 5.52. The van der Waals surface area contributed by atoms with Crippen LogP contribution in [-0.4, -0.2) is 18.3 Å². The zero-order valence-corrected chi connectivity index (χ0v) is 21.3. The van der Waals surface area contributed by atoms with Gasteiger partial charge in [0.15, 0.2) is 0 Å². The normalized spacial score (nSPS) is 17.2. The molecule has 1 aliphatic rings. The second-order valence-corrected chi connectivity index (χ2v) is 10.9.